The largest absolute Gasteiger partial charge is 0.324 e. The summed E-state index contributed by atoms with van der Waals surface area (Å²) in [6.07, 6.45) is 1.75. The third-order valence-electron chi connectivity index (χ3n) is 2.98. The highest BCUT2D eigenvalue weighted by Crippen LogP contribution is 2.35. The summed E-state index contributed by atoms with van der Waals surface area (Å²) >= 11 is 0. The van der Waals surface area contributed by atoms with Crippen molar-refractivity contribution in [3.05, 3.63) is 23.8 Å². The number of hydrogen-bond donors (Lipinski definition) is 2. The Balaban J connectivity index is 1.95. The Morgan fingerprint density at radius 2 is 2.06 bits per heavy atom. The highest BCUT2D eigenvalue weighted by molar-refractivity contribution is 7.93. The van der Waals surface area contributed by atoms with Crippen molar-refractivity contribution in [3.8, 4) is 0 Å². The molecule has 2 N–H and O–H groups in total. The maximum Gasteiger partial charge on any atom is 0.235 e. The monoisotopic (exact) mass is 252 g/mol. The molecule has 1 heterocycles. The zero-order chi connectivity index (χ0) is 12.0. The number of nitrogens with one attached hydrogen (secondary N) is 2. The number of carbonyl (C=O) groups is 1. The van der Waals surface area contributed by atoms with E-state index in [2.05, 4.69) is 10.0 Å². The maximum atomic E-state index is 11.8. The average Bonchev–Trinajstić information content (AvgIpc) is 3.02. The molecule has 5 nitrogen and oxygen atoms in total. The Hall–Kier alpha value is -1.56. The van der Waals surface area contributed by atoms with Gasteiger partial charge in [-0.25, -0.2) is 8.42 Å². The summed E-state index contributed by atoms with van der Waals surface area (Å²) in [5, 5.41) is 2.41. The first-order valence-electron chi connectivity index (χ1n) is 5.49. The minimum Gasteiger partial charge on any atom is -0.324 e. The van der Waals surface area contributed by atoms with E-state index in [1.165, 1.54) is 0 Å². The van der Waals surface area contributed by atoms with Crippen LogP contribution in [0.3, 0.4) is 0 Å². The molecule has 1 aliphatic heterocycles. The zero-order valence-corrected chi connectivity index (χ0v) is 9.88. The number of anilines is 2. The molecule has 0 atom stereocenters. The fraction of sp³-hybridized carbons (Fsp3) is 0.364. The number of sulfonamides is 1. The third kappa shape index (κ3) is 1.88. The molecule has 0 aromatic heterocycles. The second-order valence-corrected chi connectivity index (χ2v) is 6.37. The molecular weight excluding hydrogens is 240 g/mol. The van der Waals surface area contributed by atoms with Crippen molar-refractivity contribution in [3.63, 3.8) is 0 Å². The summed E-state index contributed by atoms with van der Waals surface area (Å²) in [5.74, 6) is -0.0990. The molecule has 1 saturated carbocycles. The third-order valence-corrected chi connectivity index (χ3v) is 4.84. The summed E-state index contributed by atoms with van der Waals surface area (Å²) in [5.41, 5.74) is 1.91. The highest BCUT2D eigenvalue weighted by Gasteiger charge is 2.36. The van der Waals surface area contributed by atoms with Gasteiger partial charge in [0.25, 0.3) is 0 Å². The first-order chi connectivity index (χ1) is 8.06. The molecule has 2 aliphatic rings. The van der Waals surface area contributed by atoms with E-state index in [1.54, 1.807) is 12.1 Å². The van der Waals surface area contributed by atoms with Crippen LogP contribution in [0.25, 0.3) is 0 Å². The summed E-state index contributed by atoms with van der Waals surface area (Å²) in [4.78, 5) is 11.3. The van der Waals surface area contributed by atoms with Gasteiger partial charge >= 0.3 is 0 Å². The molecular formula is C11H12N2O3S. The number of fused-ring (bicyclic) bond motifs is 1. The van der Waals surface area contributed by atoms with E-state index >= 15 is 0 Å². The molecule has 3 rings (SSSR count). The minimum absolute atomic E-state index is 0.0990. The van der Waals surface area contributed by atoms with Gasteiger partial charge in [0.15, 0.2) is 0 Å². The van der Waals surface area contributed by atoms with Gasteiger partial charge in [0.05, 0.1) is 23.0 Å². The first kappa shape index (κ1) is 10.6. The Morgan fingerprint density at radius 3 is 2.76 bits per heavy atom. The first-order valence-corrected chi connectivity index (χ1v) is 7.04. The van der Waals surface area contributed by atoms with Crippen molar-refractivity contribution in [1.82, 2.24) is 0 Å². The topological polar surface area (TPSA) is 75.3 Å². The lowest BCUT2D eigenvalue weighted by Crippen LogP contribution is -2.18. The number of para-hydroxylation sites is 1. The fourth-order valence-electron chi connectivity index (χ4n) is 1.95. The van der Waals surface area contributed by atoms with Gasteiger partial charge in [0, 0.05) is 0 Å². The van der Waals surface area contributed by atoms with Gasteiger partial charge in [-0.15, -0.1) is 0 Å². The van der Waals surface area contributed by atoms with Gasteiger partial charge < -0.3 is 5.32 Å². The van der Waals surface area contributed by atoms with Crippen LogP contribution in [0.4, 0.5) is 11.4 Å². The average molecular weight is 252 g/mol. The summed E-state index contributed by atoms with van der Waals surface area (Å²) in [7, 11) is -3.28. The predicted octanol–water partition coefficient (Wildman–Crippen LogP) is 1.09. The van der Waals surface area contributed by atoms with Crippen LogP contribution in [0.2, 0.25) is 0 Å². The Labute approximate surface area is 99.3 Å². The Kier molecular flexibility index (Phi) is 2.16. The molecule has 0 saturated heterocycles. The van der Waals surface area contributed by atoms with Crippen molar-refractivity contribution in [1.29, 1.82) is 0 Å². The van der Waals surface area contributed by atoms with Crippen molar-refractivity contribution in [2.24, 2.45) is 0 Å². The van der Waals surface area contributed by atoms with Crippen LogP contribution in [0.1, 0.15) is 18.4 Å². The van der Waals surface area contributed by atoms with Gasteiger partial charge in [-0.05, 0) is 24.5 Å². The van der Waals surface area contributed by atoms with E-state index < -0.39 is 10.0 Å². The van der Waals surface area contributed by atoms with Gasteiger partial charge in [-0.3, -0.25) is 9.52 Å². The lowest BCUT2D eigenvalue weighted by Gasteiger charge is -2.10. The molecule has 1 aromatic carbocycles. The Morgan fingerprint density at radius 1 is 1.29 bits per heavy atom. The second kappa shape index (κ2) is 3.46. The smallest absolute Gasteiger partial charge is 0.235 e. The SMILES string of the molecule is O=C1Cc2cccc(NS(=O)(=O)C3CC3)c2N1. The summed E-state index contributed by atoms with van der Waals surface area (Å²) in [6.45, 7) is 0. The van der Waals surface area contributed by atoms with E-state index in [-0.39, 0.29) is 11.2 Å². The number of amides is 1. The molecule has 6 heteroatoms. The zero-order valence-electron chi connectivity index (χ0n) is 9.06. The van der Waals surface area contributed by atoms with E-state index in [9.17, 15) is 13.2 Å². The second-order valence-electron chi connectivity index (χ2n) is 4.41. The molecule has 0 bridgehead atoms. The molecule has 1 aromatic rings. The minimum atomic E-state index is -3.28. The number of rotatable bonds is 3. The van der Waals surface area contributed by atoms with Gasteiger partial charge in [-0.2, -0.15) is 0 Å². The van der Waals surface area contributed by atoms with E-state index in [0.717, 1.165) is 18.4 Å². The summed E-state index contributed by atoms with van der Waals surface area (Å²) < 4.78 is 26.2. The van der Waals surface area contributed by atoms with Crippen molar-refractivity contribution in [2.75, 3.05) is 10.0 Å². The predicted molar refractivity (Wildman–Crippen MR) is 64.3 cm³/mol. The van der Waals surface area contributed by atoms with Gasteiger partial charge in [0.1, 0.15) is 0 Å². The molecule has 17 heavy (non-hydrogen) atoms. The van der Waals surface area contributed by atoms with Crippen molar-refractivity contribution >= 4 is 27.3 Å². The lowest BCUT2D eigenvalue weighted by atomic mass is 10.1. The molecule has 1 amide bonds. The van der Waals surface area contributed by atoms with Crippen LogP contribution in [0.15, 0.2) is 18.2 Å². The lowest BCUT2D eigenvalue weighted by molar-refractivity contribution is -0.115. The van der Waals surface area contributed by atoms with E-state index in [1.807, 2.05) is 6.07 Å². The number of benzene rings is 1. The van der Waals surface area contributed by atoms with Gasteiger partial charge in [-0.1, -0.05) is 12.1 Å². The molecule has 0 unspecified atom stereocenters. The molecule has 1 fully saturated rings. The molecule has 90 valence electrons. The number of carbonyl (C=O) groups excluding carboxylic acids is 1. The standard InChI is InChI=1S/C11H12N2O3S/c14-10-6-7-2-1-3-9(11(7)12-10)13-17(15,16)8-4-5-8/h1-3,8,13H,4-6H2,(H,12,14). The highest BCUT2D eigenvalue weighted by atomic mass is 32.2. The normalized spacial score (nSPS) is 18.7. The van der Waals surface area contributed by atoms with E-state index in [4.69, 9.17) is 0 Å². The van der Waals surface area contributed by atoms with Crippen LogP contribution in [0, 0.1) is 0 Å². The van der Waals surface area contributed by atoms with Crippen molar-refractivity contribution in [2.45, 2.75) is 24.5 Å². The summed E-state index contributed by atoms with van der Waals surface area (Å²) in [6, 6.07) is 5.25. The van der Waals surface area contributed by atoms with Crippen LogP contribution >= 0.6 is 0 Å². The molecule has 0 radical (unpaired) electrons. The van der Waals surface area contributed by atoms with Gasteiger partial charge in [0.2, 0.25) is 15.9 Å². The number of hydrogen-bond acceptors (Lipinski definition) is 3. The maximum absolute atomic E-state index is 11.8. The Bertz CT molecular complexity index is 591. The quantitative estimate of drug-likeness (QED) is 0.845. The fourth-order valence-corrected chi connectivity index (χ4v) is 3.35. The van der Waals surface area contributed by atoms with E-state index in [0.29, 0.717) is 17.8 Å². The molecule has 0 spiro atoms. The van der Waals surface area contributed by atoms with Crippen LogP contribution < -0.4 is 10.0 Å². The molecule has 1 aliphatic carbocycles. The van der Waals surface area contributed by atoms with Crippen LogP contribution in [-0.2, 0) is 21.2 Å². The van der Waals surface area contributed by atoms with Crippen LogP contribution in [-0.4, -0.2) is 19.6 Å². The van der Waals surface area contributed by atoms with Crippen LogP contribution in [0.5, 0.6) is 0 Å². The van der Waals surface area contributed by atoms with Crippen molar-refractivity contribution < 1.29 is 13.2 Å².